The standard InChI is InChI=1S/C18H25NO4/c1-13-9-14(11-19-5-7-22-8-6-19)10-15(12-20)16(13)23-17(21)18(2,3)4/h9-10,12H,5-8,11H2,1-4H3. The van der Waals surface area contributed by atoms with Crippen molar-refractivity contribution in [1.29, 1.82) is 0 Å². The zero-order valence-electron chi connectivity index (χ0n) is 14.3. The topological polar surface area (TPSA) is 55.8 Å². The van der Waals surface area contributed by atoms with Crippen LogP contribution in [0.15, 0.2) is 12.1 Å². The number of aldehydes is 1. The molecule has 0 atom stereocenters. The summed E-state index contributed by atoms with van der Waals surface area (Å²) >= 11 is 0. The fraction of sp³-hybridized carbons (Fsp3) is 0.556. The normalized spacial score (nSPS) is 16.2. The van der Waals surface area contributed by atoms with Gasteiger partial charge < -0.3 is 9.47 Å². The van der Waals surface area contributed by atoms with Crippen molar-refractivity contribution >= 4 is 12.3 Å². The summed E-state index contributed by atoms with van der Waals surface area (Å²) in [5, 5.41) is 0. The number of ether oxygens (including phenoxy) is 2. The van der Waals surface area contributed by atoms with Crippen LogP contribution in [-0.2, 0) is 16.1 Å². The number of esters is 1. The van der Waals surface area contributed by atoms with E-state index in [0.29, 0.717) is 11.3 Å². The van der Waals surface area contributed by atoms with Gasteiger partial charge in [0.1, 0.15) is 5.75 Å². The number of rotatable bonds is 4. The number of benzene rings is 1. The first kappa shape index (κ1) is 17.6. The molecule has 1 heterocycles. The lowest BCUT2D eigenvalue weighted by atomic mass is 9.97. The maximum absolute atomic E-state index is 12.1. The molecule has 0 aliphatic carbocycles. The molecule has 1 aliphatic heterocycles. The first-order valence-electron chi connectivity index (χ1n) is 7.92. The van der Waals surface area contributed by atoms with Gasteiger partial charge in [0, 0.05) is 19.6 Å². The molecule has 1 aromatic rings. The van der Waals surface area contributed by atoms with E-state index in [4.69, 9.17) is 9.47 Å². The molecule has 5 nitrogen and oxygen atoms in total. The van der Waals surface area contributed by atoms with E-state index < -0.39 is 5.41 Å². The van der Waals surface area contributed by atoms with Gasteiger partial charge >= 0.3 is 5.97 Å². The van der Waals surface area contributed by atoms with Gasteiger partial charge in [-0.05, 0) is 44.9 Å². The Morgan fingerprint density at radius 3 is 2.52 bits per heavy atom. The van der Waals surface area contributed by atoms with Crippen molar-refractivity contribution < 1.29 is 19.1 Å². The van der Waals surface area contributed by atoms with Crippen LogP contribution in [0.5, 0.6) is 5.75 Å². The van der Waals surface area contributed by atoms with Crippen molar-refractivity contribution in [1.82, 2.24) is 4.90 Å². The Morgan fingerprint density at radius 1 is 1.30 bits per heavy atom. The summed E-state index contributed by atoms with van der Waals surface area (Å²) in [5.74, 6) is 0.0234. The minimum Gasteiger partial charge on any atom is -0.425 e. The summed E-state index contributed by atoms with van der Waals surface area (Å²) in [6, 6.07) is 3.79. The van der Waals surface area contributed by atoms with E-state index in [2.05, 4.69) is 4.90 Å². The van der Waals surface area contributed by atoms with Crippen LogP contribution < -0.4 is 4.74 Å². The highest BCUT2D eigenvalue weighted by atomic mass is 16.5. The van der Waals surface area contributed by atoms with Gasteiger partial charge in [0.05, 0.1) is 24.2 Å². The minimum absolute atomic E-state index is 0.343. The van der Waals surface area contributed by atoms with Crippen LogP contribution >= 0.6 is 0 Å². The maximum atomic E-state index is 12.1. The van der Waals surface area contributed by atoms with Crippen LogP contribution in [0.4, 0.5) is 0 Å². The molecule has 0 bridgehead atoms. The quantitative estimate of drug-likeness (QED) is 0.485. The number of aryl methyl sites for hydroxylation is 1. The fourth-order valence-corrected chi connectivity index (χ4v) is 2.46. The Labute approximate surface area is 137 Å². The Bertz CT molecular complexity index is 583. The Hall–Kier alpha value is -1.72. The van der Waals surface area contributed by atoms with Crippen LogP contribution in [0.2, 0.25) is 0 Å². The van der Waals surface area contributed by atoms with Crippen molar-refractivity contribution in [2.75, 3.05) is 26.3 Å². The molecule has 0 amide bonds. The predicted octanol–water partition coefficient (Wildman–Crippen LogP) is 2.59. The van der Waals surface area contributed by atoms with Crippen LogP contribution in [0.25, 0.3) is 0 Å². The van der Waals surface area contributed by atoms with Crippen molar-refractivity contribution in [3.63, 3.8) is 0 Å². The van der Waals surface area contributed by atoms with Gasteiger partial charge in [-0.25, -0.2) is 0 Å². The highest BCUT2D eigenvalue weighted by Gasteiger charge is 2.25. The molecule has 1 aliphatic rings. The lowest BCUT2D eigenvalue weighted by Gasteiger charge is -2.27. The summed E-state index contributed by atoms with van der Waals surface area (Å²) in [7, 11) is 0. The Morgan fingerprint density at radius 2 is 1.96 bits per heavy atom. The summed E-state index contributed by atoms with van der Waals surface area (Å²) in [6.07, 6.45) is 0.751. The van der Waals surface area contributed by atoms with E-state index in [0.717, 1.165) is 50.3 Å². The number of hydrogen-bond acceptors (Lipinski definition) is 5. The van der Waals surface area contributed by atoms with E-state index in [1.165, 1.54) is 0 Å². The molecule has 1 aromatic carbocycles. The monoisotopic (exact) mass is 319 g/mol. The first-order valence-corrected chi connectivity index (χ1v) is 7.92. The second-order valence-electron chi connectivity index (χ2n) is 6.98. The van der Waals surface area contributed by atoms with Crippen molar-refractivity contribution in [3.8, 4) is 5.75 Å². The number of carbonyl (C=O) groups is 2. The molecule has 0 unspecified atom stereocenters. The molecule has 23 heavy (non-hydrogen) atoms. The third kappa shape index (κ3) is 4.62. The Kier molecular flexibility index (Phi) is 5.55. The van der Waals surface area contributed by atoms with Crippen LogP contribution in [0, 0.1) is 12.3 Å². The largest absolute Gasteiger partial charge is 0.425 e. The van der Waals surface area contributed by atoms with E-state index in [-0.39, 0.29) is 5.97 Å². The molecular weight excluding hydrogens is 294 g/mol. The van der Waals surface area contributed by atoms with Crippen LogP contribution in [-0.4, -0.2) is 43.5 Å². The molecule has 0 N–H and O–H groups in total. The summed E-state index contributed by atoms with van der Waals surface area (Å²) < 4.78 is 10.8. The zero-order valence-corrected chi connectivity index (χ0v) is 14.3. The summed E-state index contributed by atoms with van der Waals surface area (Å²) in [4.78, 5) is 25.8. The van der Waals surface area contributed by atoms with Crippen molar-refractivity contribution in [2.24, 2.45) is 5.41 Å². The lowest BCUT2D eigenvalue weighted by Crippen LogP contribution is -2.35. The molecular formula is C18H25NO4. The van der Waals surface area contributed by atoms with Crippen molar-refractivity contribution in [3.05, 3.63) is 28.8 Å². The highest BCUT2D eigenvalue weighted by molar-refractivity contribution is 5.85. The lowest BCUT2D eigenvalue weighted by molar-refractivity contribution is -0.143. The minimum atomic E-state index is -0.612. The van der Waals surface area contributed by atoms with Gasteiger partial charge in [0.2, 0.25) is 0 Å². The molecule has 0 aromatic heterocycles. The second kappa shape index (κ2) is 7.23. The average Bonchev–Trinajstić information content (AvgIpc) is 2.49. The molecule has 0 spiro atoms. The van der Waals surface area contributed by atoms with Crippen LogP contribution in [0.1, 0.15) is 42.3 Å². The molecule has 0 saturated carbocycles. The molecule has 1 fully saturated rings. The number of hydrogen-bond donors (Lipinski definition) is 0. The SMILES string of the molecule is Cc1cc(CN2CCOCC2)cc(C=O)c1OC(=O)C(C)(C)C. The average molecular weight is 319 g/mol. The molecule has 1 saturated heterocycles. The van der Waals surface area contributed by atoms with Gasteiger partial charge in [-0.3, -0.25) is 14.5 Å². The number of morpholine rings is 1. The molecule has 5 heteroatoms. The number of carbonyl (C=O) groups excluding carboxylic acids is 2. The van der Waals surface area contributed by atoms with E-state index >= 15 is 0 Å². The van der Waals surface area contributed by atoms with Crippen LogP contribution in [0.3, 0.4) is 0 Å². The maximum Gasteiger partial charge on any atom is 0.316 e. The van der Waals surface area contributed by atoms with Crippen molar-refractivity contribution in [2.45, 2.75) is 34.2 Å². The fourth-order valence-electron chi connectivity index (χ4n) is 2.46. The molecule has 2 rings (SSSR count). The zero-order chi connectivity index (χ0) is 17.0. The van der Waals surface area contributed by atoms with Gasteiger partial charge in [-0.1, -0.05) is 6.07 Å². The summed E-state index contributed by atoms with van der Waals surface area (Å²) in [6.45, 7) is 11.2. The van der Waals surface area contributed by atoms with E-state index in [1.807, 2.05) is 13.0 Å². The van der Waals surface area contributed by atoms with E-state index in [1.54, 1.807) is 26.8 Å². The summed E-state index contributed by atoms with van der Waals surface area (Å²) in [5.41, 5.74) is 1.65. The number of nitrogens with zero attached hydrogens (tertiary/aromatic N) is 1. The van der Waals surface area contributed by atoms with Gasteiger partial charge in [0.25, 0.3) is 0 Å². The predicted molar refractivity (Wildman–Crippen MR) is 87.8 cm³/mol. The van der Waals surface area contributed by atoms with E-state index in [9.17, 15) is 9.59 Å². The third-order valence-corrected chi connectivity index (χ3v) is 3.81. The smallest absolute Gasteiger partial charge is 0.316 e. The molecule has 0 radical (unpaired) electrons. The second-order valence-corrected chi connectivity index (χ2v) is 6.98. The van der Waals surface area contributed by atoms with Gasteiger partial charge in [0.15, 0.2) is 6.29 Å². The van der Waals surface area contributed by atoms with Gasteiger partial charge in [-0.2, -0.15) is 0 Å². The Balaban J connectivity index is 2.21. The first-order chi connectivity index (χ1) is 10.8. The van der Waals surface area contributed by atoms with Gasteiger partial charge in [-0.15, -0.1) is 0 Å². The third-order valence-electron chi connectivity index (χ3n) is 3.81. The molecule has 126 valence electrons. The highest BCUT2D eigenvalue weighted by Crippen LogP contribution is 2.28.